The fraction of sp³-hybridized carbons (Fsp3) is 0.538. The van der Waals surface area contributed by atoms with Crippen LogP contribution in [-0.2, 0) is 15.3 Å². The fourth-order valence-electron chi connectivity index (χ4n) is 2.11. The van der Waals surface area contributed by atoms with Gasteiger partial charge in [-0.25, -0.2) is 0 Å². The highest BCUT2D eigenvalue weighted by Crippen LogP contribution is 2.47. The first-order chi connectivity index (χ1) is 8.23. The molecular weight excluding hydrogens is 252 g/mol. The van der Waals surface area contributed by atoms with Gasteiger partial charge in [-0.1, -0.05) is 51.9 Å². The van der Waals surface area contributed by atoms with Crippen LogP contribution >= 0.6 is 21.6 Å². The highest BCUT2D eigenvalue weighted by Gasteiger charge is 2.45. The second-order valence-corrected chi connectivity index (χ2v) is 7.38. The van der Waals surface area contributed by atoms with Crippen LogP contribution in [0.1, 0.15) is 12.5 Å². The first kappa shape index (κ1) is 11.9. The molecule has 0 aromatic heterocycles. The third-order valence-corrected chi connectivity index (χ3v) is 6.25. The summed E-state index contributed by atoms with van der Waals surface area (Å²) < 4.78 is 12.1. The SMILES string of the molecule is CC1(c2ccccc2)OCC2(CO1)CSSC2. The van der Waals surface area contributed by atoms with Crippen LogP contribution in [0.25, 0.3) is 0 Å². The van der Waals surface area contributed by atoms with Crippen molar-refractivity contribution in [3.63, 3.8) is 0 Å². The number of hydrogen-bond acceptors (Lipinski definition) is 4. The summed E-state index contributed by atoms with van der Waals surface area (Å²) in [5.74, 6) is 1.72. The molecule has 92 valence electrons. The van der Waals surface area contributed by atoms with Crippen LogP contribution in [0.4, 0.5) is 0 Å². The first-order valence-corrected chi connectivity index (χ1v) is 8.29. The molecule has 2 aliphatic rings. The molecule has 0 bridgehead atoms. The van der Waals surface area contributed by atoms with Gasteiger partial charge in [0, 0.05) is 22.5 Å². The standard InChI is InChI=1S/C13H16O2S2/c1-12(11-5-3-2-4-6-11)14-7-13(8-15-12)9-16-17-10-13/h2-6H,7-10H2,1H3. The topological polar surface area (TPSA) is 18.5 Å². The molecule has 1 spiro atoms. The van der Waals surface area contributed by atoms with E-state index < -0.39 is 5.79 Å². The minimum atomic E-state index is -0.565. The van der Waals surface area contributed by atoms with Gasteiger partial charge in [0.15, 0.2) is 5.79 Å². The number of rotatable bonds is 1. The van der Waals surface area contributed by atoms with E-state index in [1.165, 1.54) is 0 Å². The van der Waals surface area contributed by atoms with Crippen molar-refractivity contribution in [2.75, 3.05) is 24.7 Å². The van der Waals surface area contributed by atoms with Crippen LogP contribution in [0.3, 0.4) is 0 Å². The molecule has 2 aliphatic heterocycles. The number of hydrogen-bond donors (Lipinski definition) is 0. The van der Waals surface area contributed by atoms with Crippen molar-refractivity contribution in [2.24, 2.45) is 5.41 Å². The number of benzene rings is 1. The van der Waals surface area contributed by atoms with Gasteiger partial charge >= 0.3 is 0 Å². The summed E-state index contributed by atoms with van der Waals surface area (Å²) in [5.41, 5.74) is 1.34. The van der Waals surface area contributed by atoms with Gasteiger partial charge in [-0.05, 0) is 6.92 Å². The Kier molecular flexibility index (Phi) is 3.15. The smallest absolute Gasteiger partial charge is 0.191 e. The van der Waals surface area contributed by atoms with Gasteiger partial charge < -0.3 is 9.47 Å². The zero-order chi connectivity index (χ0) is 11.8. The van der Waals surface area contributed by atoms with Crippen LogP contribution in [0.15, 0.2) is 30.3 Å². The lowest BCUT2D eigenvalue weighted by Gasteiger charge is -2.42. The monoisotopic (exact) mass is 268 g/mol. The predicted octanol–water partition coefficient (Wildman–Crippen LogP) is 3.29. The molecule has 4 heteroatoms. The molecule has 0 atom stereocenters. The average molecular weight is 268 g/mol. The second-order valence-electron chi connectivity index (χ2n) is 4.91. The van der Waals surface area contributed by atoms with E-state index in [1.54, 1.807) is 0 Å². The Morgan fingerprint density at radius 2 is 1.59 bits per heavy atom. The van der Waals surface area contributed by atoms with E-state index >= 15 is 0 Å². The Hall–Kier alpha value is -0.160. The first-order valence-electron chi connectivity index (χ1n) is 5.80. The Bertz CT molecular complexity index is 378. The summed E-state index contributed by atoms with van der Waals surface area (Å²) in [6, 6.07) is 10.2. The molecule has 0 aliphatic carbocycles. The highest BCUT2D eigenvalue weighted by atomic mass is 33.1. The summed E-state index contributed by atoms with van der Waals surface area (Å²) in [6.45, 7) is 3.63. The van der Waals surface area contributed by atoms with Gasteiger partial charge in [-0.15, -0.1) is 0 Å². The van der Waals surface area contributed by atoms with Crippen molar-refractivity contribution in [2.45, 2.75) is 12.7 Å². The van der Waals surface area contributed by atoms with E-state index in [0.717, 1.165) is 30.3 Å². The molecule has 2 heterocycles. The summed E-state index contributed by atoms with van der Waals surface area (Å²) in [5, 5.41) is 0. The third kappa shape index (κ3) is 2.24. The lowest BCUT2D eigenvalue weighted by Crippen LogP contribution is -2.47. The Balaban J connectivity index is 1.75. The quantitative estimate of drug-likeness (QED) is 0.727. The van der Waals surface area contributed by atoms with E-state index in [2.05, 4.69) is 12.1 Å². The molecule has 0 radical (unpaired) electrons. The molecular formula is C13H16O2S2. The van der Waals surface area contributed by atoms with Crippen molar-refractivity contribution < 1.29 is 9.47 Å². The third-order valence-electron chi connectivity index (χ3n) is 3.42. The van der Waals surface area contributed by atoms with E-state index in [9.17, 15) is 0 Å². The largest absolute Gasteiger partial charge is 0.345 e. The van der Waals surface area contributed by atoms with Gasteiger partial charge in [0.25, 0.3) is 0 Å². The molecule has 2 nitrogen and oxygen atoms in total. The highest BCUT2D eigenvalue weighted by molar-refractivity contribution is 8.77. The van der Waals surface area contributed by atoms with Crippen LogP contribution in [-0.4, -0.2) is 24.7 Å². The maximum Gasteiger partial charge on any atom is 0.191 e. The lowest BCUT2D eigenvalue weighted by atomic mass is 9.93. The zero-order valence-electron chi connectivity index (χ0n) is 9.85. The molecule has 0 saturated carbocycles. The summed E-state index contributed by atoms with van der Waals surface area (Å²) >= 11 is 0. The van der Waals surface area contributed by atoms with Crippen LogP contribution in [0, 0.1) is 5.41 Å². The maximum atomic E-state index is 6.04. The Morgan fingerprint density at radius 3 is 2.18 bits per heavy atom. The molecule has 0 amide bonds. The van der Waals surface area contributed by atoms with Crippen LogP contribution < -0.4 is 0 Å². The van der Waals surface area contributed by atoms with Crippen molar-refractivity contribution in [1.29, 1.82) is 0 Å². The predicted molar refractivity (Wildman–Crippen MR) is 73.0 cm³/mol. The molecule has 3 rings (SSSR count). The van der Waals surface area contributed by atoms with E-state index in [-0.39, 0.29) is 5.41 Å². The minimum absolute atomic E-state index is 0.240. The summed E-state index contributed by atoms with van der Waals surface area (Å²) in [7, 11) is 3.86. The van der Waals surface area contributed by atoms with Crippen molar-refractivity contribution in [3.05, 3.63) is 35.9 Å². The molecule has 2 saturated heterocycles. The normalized spacial score (nSPS) is 26.2. The minimum Gasteiger partial charge on any atom is -0.345 e. The molecule has 17 heavy (non-hydrogen) atoms. The second kappa shape index (κ2) is 4.50. The van der Waals surface area contributed by atoms with Crippen LogP contribution in [0.5, 0.6) is 0 Å². The molecule has 0 unspecified atom stereocenters. The van der Waals surface area contributed by atoms with Crippen molar-refractivity contribution in [3.8, 4) is 0 Å². The van der Waals surface area contributed by atoms with Crippen molar-refractivity contribution >= 4 is 21.6 Å². The maximum absolute atomic E-state index is 6.04. The molecule has 1 aromatic carbocycles. The lowest BCUT2D eigenvalue weighted by molar-refractivity contribution is -0.296. The zero-order valence-corrected chi connectivity index (χ0v) is 11.5. The Labute approximate surface area is 110 Å². The fourth-order valence-corrected chi connectivity index (χ4v) is 5.45. The van der Waals surface area contributed by atoms with Gasteiger partial charge in [0.1, 0.15) is 0 Å². The number of ether oxygens (including phenoxy) is 2. The molecule has 1 aromatic rings. The van der Waals surface area contributed by atoms with E-state index in [1.807, 2.05) is 46.7 Å². The van der Waals surface area contributed by atoms with E-state index in [0.29, 0.717) is 0 Å². The van der Waals surface area contributed by atoms with Crippen LogP contribution in [0.2, 0.25) is 0 Å². The Morgan fingerprint density at radius 1 is 1.00 bits per heavy atom. The van der Waals surface area contributed by atoms with Gasteiger partial charge in [-0.3, -0.25) is 0 Å². The van der Waals surface area contributed by atoms with Gasteiger partial charge in [0.2, 0.25) is 0 Å². The van der Waals surface area contributed by atoms with Gasteiger partial charge in [-0.2, -0.15) is 0 Å². The van der Waals surface area contributed by atoms with Crippen molar-refractivity contribution in [1.82, 2.24) is 0 Å². The average Bonchev–Trinajstić information content (AvgIpc) is 2.84. The van der Waals surface area contributed by atoms with E-state index in [4.69, 9.17) is 9.47 Å². The summed E-state index contributed by atoms with van der Waals surface area (Å²) in [4.78, 5) is 0. The summed E-state index contributed by atoms with van der Waals surface area (Å²) in [6.07, 6.45) is 0. The molecule has 2 fully saturated rings. The van der Waals surface area contributed by atoms with Gasteiger partial charge in [0.05, 0.1) is 13.2 Å². The molecule has 0 N–H and O–H groups in total.